The van der Waals surface area contributed by atoms with E-state index in [1.807, 2.05) is 0 Å². The van der Waals surface area contributed by atoms with Crippen molar-refractivity contribution >= 4 is 11.8 Å². The van der Waals surface area contributed by atoms with Crippen LogP contribution in [0, 0.1) is 17.8 Å². The zero-order chi connectivity index (χ0) is 10.1. The molecular weight excluding hydrogens is 180 g/mol. The van der Waals surface area contributed by atoms with Gasteiger partial charge in [0.2, 0.25) is 0 Å². The van der Waals surface area contributed by atoms with Crippen LogP contribution in [-0.2, 0) is 14.3 Å². The monoisotopic (exact) mass is 196 g/mol. The molecule has 0 aromatic heterocycles. The molecule has 78 valence electrons. The molecule has 0 saturated heterocycles. The zero-order valence-electron chi connectivity index (χ0n) is 8.49. The van der Waals surface area contributed by atoms with Crippen molar-refractivity contribution in [3.63, 3.8) is 0 Å². The van der Waals surface area contributed by atoms with Gasteiger partial charge in [-0.15, -0.1) is 0 Å². The molecule has 3 atom stereocenters. The molecule has 2 aliphatic carbocycles. The van der Waals surface area contributed by atoms with Gasteiger partial charge >= 0.3 is 5.97 Å². The van der Waals surface area contributed by atoms with Gasteiger partial charge < -0.3 is 4.74 Å². The van der Waals surface area contributed by atoms with Gasteiger partial charge in [0.05, 0.1) is 13.0 Å². The fraction of sp³-hybridized carbons (Fsp3) is 0.818. The number of fused-ring (bicyclic) bond motifs is 2. The Morgan fingerprint density at radius 1 is 1.29 bits per heavy atom. The number of Topliss-reactive ketones (excluding diaryl/α,β-unsaturated/α-hetero) is 1. The Hall–Kier alpha value is -0.860. The smallest absolute Gasteiger partial charge is 0.309 e. The van der Waals surface area contributed by atoms with Crippen molar-refractivity contribution in [2.24, 2.45) is 17.8 Å². The van der Waals surface area contributed by atoms with Crippen LogP contribution in [0.1, 0.15) is 32.1 Å². The molecular formula is C11H16O3. The molecule has 2 aliphatic rings. The van der Waals surface area contributed by atoms with Crippen molar-refractivity contribution in [1.82, 2.24) is 0 Å². The highest BCUT2D eigenvalue weighted by molar-refractivity contribution is 5.90. The minimum Gasteiger partial charge on any atom is -0.469 e. The van der Waals surface area contributed by atoms with Gasteiger partial charge in [0, 0.05) is 11.8 Å². The summed E-state index contributed by atoms with van der Waals surface area (Å²) in [4.78, 5) is 23.3. The van der Waals surface area contributed by atoms with Gasteiger partial charge in [0.25, 0.3) is 0 Å². The molecule has 3 heteroatoms. The van der Waals surface area contributed by atoms with Crippen molar-refractivity contribution in [1.29, 1.82) is 0 Å². The molecule has 2 rings (SSSR count). The van der Waals surface area contributed by atoms with Crippen LogP contribution in [0.2, 0.25) is 0 Å². The van der Waals surface area contributed by atoms with E-state index in [1.54, 1.807) is 0 Å². The summed E-state index contributed by atoms with van der Waals surface area (Å²) in [6.45, 7) is 0. The van der Waals surface area contributed by atoms with E-state index in [2.05, 4.69) is 0 Å². The SMILES string of the molecule is COC(=O)C1CCC2CCCC1C2=O. The third kappa shape index (κ3) is 1.45. The second-order valence-corrected chi connectivity index (χ2v) is 4.34. The van der Waals surface area contributed by atoms with Crippen LogP contribution in [0.3, 0.4) is 0 Å². The molecule has 2 bridgehead atoms. The maximum Gasteiger partial charge on any atom is 0.309 e. The lowest BCUT2D eigenvalue weighted by molar-refractivity contribution is -0.155. The number of ketones is 1. The van der Waals surface area contributed by atoms with Crippen LogP contribution in [0.25, 0.3) is 0 Å². The van der Waals surface area contributed by atoms with Gasteiger partial charge in [-0.3, -0.25) is 9.59 Å². The summed E-state index contributed by atoms with van der Waals surface area (Å²) in [5, 5.41) is 0. The molecule has 0 aromatic carbocycles. The van der Waals surface area contributed by atoms with E-state index < -0.39 is 0 Å². The summed E-state index contributed by atoms with van der Waals surface area (Å²) in [6.07, 6.45) is 4.73. The van der Waals surface area contributed by atoms with Crippen LogP contribution in [-0.4, -0.2) is 18.9 Å². The van der Waals surface area contributed by atoms with Gasteiger partial charge in [0.1, 0.15) is 5.78 Å². The van der Waals surface area contributed by atoms with E-state index in [1.165, 1.54) is 7.11 Å². The first-order valence-electron chi connectivity index (χ1n) is 5.35. The van der Waals surface area contributed by atoms with E-state index in [0.717, 1.165) is 32.1 Å². The molecule has 0 aliphatic heterocycles. The number of hydrogen-bond donors (Lipinski definition) is 0. The standard InChI is InChI=1S/C11H16O3/c1-14-11(13)9-6-5-7-3-2-4-8(9)10(7)12/h7-9H,2-6H2,1H3. The van der Waals surface area contributed by atoms with Crippen LogP contribution in [0.4, 0.5) is 0 Å². The number of rotatable bonds is 1. The quantitative estimate of drug-likeness (QED) is 0.598. The Morgan fingerprint density at radius 2 is 2.07 bits per heavy atom. The van der Waals surface area contributed by atoms with Gasteiger partial charge in [-0.2, -0.15) is 0 Å². The summed E-state index contributed by atoms with van der Waals surface area (Å²) < 4.78 is 4.74. The van der Waals surface area contributed by atoms with Crippen LogP contribution >= 0.6 is 0 Å². The summed E-state index contributed by atoms with van der Waals surface area (Å²) >= 11 is 0. The summed E-state index contributed by atoms with van der Waals surface area (Å²) in [5.74, 6) is 0.190. The van der Waals surface area contributed by atoms with Crippen molar-refractivity contribution < 1.29 is 14.3 Å². The minimum absolute atomic E-state index is 0.0325. The molecule has 0 radical (unpaired) electrons. The first-order valence-corrected chi connectivity index (χ1v) is 5.35. The highest BCUT2D eigenvalue weighted by Gasteiger charge is 2.43. The molecule has 0 heterocycles. The number of hydrogen-bond acceptors (Lipinski definition) is 3. The van der Waals surface area contributed by atoms with Crippen LogP contribution in [0.5, 0.6) is 0 Å². The Bertz CT molecular complexity index is 259. The third-order valence-corrected chi connectivity index (χ3v) is 3.65. The zero-order valence-corrected chi connectivity index (χ0v) is 8.49. The van der Waals surface area contributed by atoms with Crippen LogP contribution < -0.4 is 0 Å². The Balaban J connectivity index is 2.14. The first kappa shape index (κ1) is 9.69. The predicted octanol–water partition coefficient (Wildman–Crippen LogP) is 1.55. The topological polar surface area (TPSA) is 43.4 Å². The molecule has 0 amide bonds. The molecule has 14 heavy (non-hydrogen) atoms. The van der Waals surface area contributed by atoms with Crippen LogP contribution in [0.15, 0.2) is 0 Å². The molecule has 0 N–H and O–H groups in total. The number of carbonyl (C=O) groups is 2. The van der Waals surface area contributed by atoms with E-state index in [9.17, 15) is 9.59 Å². The molecule has 3 unspecified atom stereocenters. The molecule has 0 spiro atoms. The number of carbonyl (C=O) groups excluding carboxylic acids is 2. The first-order chi connectivity index (χ1) is 6.74. The fourth-order valence-electron chi connectivity index (χ4n) is 2.87. The van der Waals surface area contributed by atoms with Gasteiger partial charge in [-0.25, -0.2) is 0 Å². The Morgan fingerprint density at radius 3 is 2.79 bits per heavy atom. The normalized spacial score (nSPS) is 36.6. The van der Waals surface area contributed by atoms with Crippen molar-refractivity contribution in [2.75, 3.05) is 7.11 Å². The van der Waals surface area contributed by atoms with Crippen molar-refractivity contribution in [2.45, 2.75) is 32.1 Å². The van der Waals surface area contributed by atoms with E-state index in [0.29, 0.717) is 5.78 Å². The minimum atomic E-state index is -0.191. The predicted molar refractivity (Wildman–Crippen MR) is 50.6 cm³/mol. The number of ether oxygens (including phenoxy) is 1. The van der Waals surface area contributed by atoms with Crippen molar-refractivity contribution in [3.05, 3.63) is 0 Å². The highest BCUT2D eigenvalue weighted by Crippen LogP contribution is 2.40. The maximum absolute atomic E-state index is 11.8. The average Bonchev–Trinajstić information content (AvgIpc) is 2.17. The van der Waals surface area contributed by atoms with Gasteiger partial charge in [-0.1, -0.05) is 6.42 Å². The average molecular weight is 196 g/mol. The molecule has 0 aromatic rings. The molecule has 2 saturated carbocycles. The fourth-order valence-corrected chi connectivity index (χ4v) is 2.87. The lowest BCUT2D eigenvalue weighted by Crippen LogP contribution is -2.41. The summed E-state index contributed by atoms with van der Waals surface area (Å²) in [5.41, 5.74) is 0. The Labute approximate surface area is 83.8 Å². The second kappa shape index (κ2) is 3.71. The van der Waals surface area contributed by atoms with Gasteiger partial charge in [-0.05, 0) is 25.7 Å². The van der Waals surface area contributed by atoms with E-state index in [4.69, 9.17) is 4.74 Å². The highest BCUT2D eigenvalue weighted by atomic mass is 16.5. The lowest BCUT2D eigenvalue weighted by atomic mass is 9.66. The molecule has 2 fully saturated rings. The number of esters is 1. The van der Waals surface area contributed by atoms with Crippen molar-refractivity contribution in [3.8, 4) is 0 Å². The Kier molecular flexibility index (Phi) is 2.57. The summed E-state index contributed by atoms with van der Waals surface area (Å²) in [7, 11) is 1.40. The third-order valence-electron chi connectivity index (χ3n) is 3.65. The molecule has 3 nitrogen and oxygen atoms in total. The summed E-state index contributed by atoms with van der Waals surface area (Å²) in [6, 6.07) is 0. The van der Waals surface area contributed by atoms with Gasteiger partial charge in [0.15, 0.2) is 0 Å². The maximum atomic E-state index is 11.8. The lowest BCUT2D eigenvalue weighted by Gasteiger charge is -2.37. The second-order valence-electron chi connectivity index (χ2n) is 4.34. The number of methoxy groups -OCH3 is 1. The van der Waals surface area contributed by atoms with E-state index in [-0.39, 0.29) is 23.7 Å². The largest absolute Gasteiger partial charge is 0.469 e. The van der Waals surface area contributed by atoms with E-state index >= 15 is 0 Å².